The van der Waals surface area contributed by atoms with Crippen molar-refractivity contribution < 1.29 is 13.2 Å². The normalized spacial score (nSPS) is 39.1. The molecule has 3 rings (SSSR count). The molecule has 2 unspecified atom stereocenters. The molecule has 0 aromatic carbocycles. The van der Waals surface area contributed by atoms with Crippen molar-refractivity contribution in [2.75, 3.05) is 0 Å². The predicted molar refractivity (Wildman–Crippen MR) is 96.2 cm³/mol. The Bertz CT molecular complexity index is 431. The van der Waals surface area contributed by atoms with Gasteiger partial charge in [0.15, 0.2) is 0 Å². The van der Waals surface area contributed by atoms with Crippen LogP contribution in [0, 0.1) is 17.3 Å². The van der Waals surface area contributed by atoms with Gasteiger partial charge in [0.05, 0.1) is 5.92 Å². The summed E-state index contributed by atoms with van der Waals surface area (Å²) in [5.74, 6) is -0.207. The maximum absolute atomic E-state index is 12.8. The van der Waals surface area contributed by atoms with Crippen LogP contribution in [0.5, 0.6) is 0 Å². The molecule has 0 heterocycles. The molecule has 3 aliphatic carbocycles. The number of rotatable bonds is 3. The Hall–Kier alpha value is -0.120. The van der Waals surface area contributed by atoms with Crippen LogP contribution in [-0.2, 0) is 0 Å². The molecule has 138 valence electrons. The van der Waals surface area contributed by atoms with Crippen LogP contribution in [0.3, 0.4) is 0 Å². The zero-order valence-corrected chi connectivity index (χ0v) is 15.6. The minimum atomic E-state index is -3.98. The molecule has 0 radical (unpaired) electrons. The molecule has 0 N–H and O–H groups in total. The molecule has 0 saturated heterocycles. The second-order valence-electron chi connectivity index (χ2n) is 8.43. The van der Waals surface area contributed by atoms with E-state index in [1.54, 1.807) is 0 Å². The summed E-state index contributed by atoms with van der Waals surface area (Å²) in [6.07, 6.45) is 12.4. The van der Waals surface area contributed by atoms with E-state index >= 15 is 0 Å². The molecule has 2 saturated carbocycles. The number of alkyl halides is 3. The maximum Gasteiger partial charge on any atom is 0.391 e. The molecule has 0 aromatic heterocycles. The lowest BCUT2D eigenvalue weighted by Gasteiger charge is -2.41. The Morgan fingerprint density at radius 3 is 2.12 bits per heavy atom. The summed E-state index contributed by atoms with van der Waals surface area (Å²) in [5, 5.41) is 0.950. The van der Waals surface area contributed by atoms with Crippen LogP contribution >= 0.6 is 11.8 Å². The lowest BCUT2D eigenvalue weighted by Crippen LogP contribution is -2.32. The molecular formula is C20H31F3S. The van der Waals surface area contributed by atoms with Crippen LogP contribution in [-0.4, -0.2) is 16.7 Å². The first-order valence-corrected chi connectivity index (χ1v) is 10.7. The summed E-state index contributed by atoms with van der Waals surface area (Å²) in [5.41, 5.74) is 0.366. The fraction of sp³-hybridized carbons (Fsp3) is 0.900. The molecular weight excluding hydrogens is 329 g/mol. The van der Waals surface area contributed by atoms with Crippen molar-refractivity contribution in [2.24, 2.45) is 17.3 Å². The average molecular weight is 361 g/mol. The summed E-state index contributed by atoms with van der Waals surface area (Å²) < 4.78 is 38.3. The minimum Gasteiger partial charge on any atom is -0.171 e. The molecule has 4 heteroatoms. The van der Waals surface area contributed by atoms with E-state index in [0.29, 0.717) is 28.8 Å². The SMILES string of the molecule is CC1(C2CCCCC2)C=CC(SC2CCC(C(F)(F)F)CC2)CC1. The number of hydrogen-bond acceptors (Lipinski definition) is 1. The fourth-order valence-electron chi connectivity index (χ4n) is 4.95. The van der Waals surface area contributed by atoms with Gasteiger partial charge in [0.2, 0.25) is 0 Å². The van der Waals surface area contributed by atoms with Crippen LogP contribution < -0.4 is 0 Å². The van der Waals surface area contributed by atoms with E-state index in [9.17, 15) is 13.2 Å². The first-order valence-electron chi connectivity index (χ1n) is 9.78. The number of thioether (sulfide) groups is 1. The first kappa shape index (κ1) is 18.7. The number of hydrogen-bond donors (Lipinski definition) is 0. The average Bonchev–Trinajstić information content (AvgIpc) is 2.58. The summed E-state index contributed by atoms with van der Waals surface area (Å²) >= 11 is 1.95. The van der Waals surface area contributed by atoms with Crippen molar-refractivity contribution in [1.82, 2.24) is 0 Å². The molecule has 0 spiro atoms. The smallest absolute Gasteiger partial charge is 0.171 e. The van der Waals surface area contributed by atoms with E-state index in [1.165, 1.54) is 44.9 Å². The minimum absolute atomic E-state index is 0.331. The molecule has 0 aromatic rings. The van der Waals surface area contributed by atoms with Gasteiger partial charge in [0.25, 0.3) is 0 Å². The van der Waals surface area contributed by atoms with Crippen molar-refractivity contribution in [3.8, 4) is 0 Å². The van der Waals surface area contributed by atoms with Crippen LogP contribution in [0.25, 0.3) is 0 Å². The Balaban J connectivity index is 1.47. The zero-order valence-electron chi connectivity index (χ0n) is 14.8. The van der Waals surface area contributed by atoms with Crippen molar-refractivity contribution in [3.63, 3.8) is 0 Å². The van der Waals surface area contributed by atoms with Crippen molar-refractivity contribution in [1.29, 1.82) is 0 Å². The Morgan fingerprint density at radius 1 is 0.917 bits per heavy atom. The van der Waals surface area contributed by atoms with E-state index in [2.05, 4.69) is 19.1 Å². The lowest BCUT2D eigenvalue weighted by atomic mass is 9.66. The van der Waals surface area contributed by atoms with Gasteiger partial charge in [-0.15, -0.1) is 0 Å². The van der Waals surface area contributed by atoms with Gasteiger partial charge in [-0.1, -0.05) is 38.3 Å². The lowest BCUT2D eigenvalue weighted by molar-refractivity contribution is -0.181. The zero-order chi connectivity index (χ0) is 17.2. The summed E-state index contributed by atoms with van der Waals surface area (Å²) in [4.78, 5) is 0. The third kappa shape index (κ3) is 4.53. The van der Waals surface area contributed by atoms with E-state index in [-0.39, 0.29) is 0 Å². The van der Waals surface area contributed by atoms with Gasteiger partial charge in [-0.3, -0.25) is 0 Å². The van der Waals surface area contributed by atoms with Crippen LogP contribution in [0.1, 0.15) is 77.6 Å². The van der Waals surface area contributed by atoms with E-state index in [0.717, 1.165) is 18.8 Å². The van der Waals surface area contributed by atoms with Crippen LogP contribution in [0.4, 0.5) is 13.2 Å². The second kappa shape index (κ2) is 7.63. The van der Waals surface area contributed by atoms with Crippen molar-refractivity contribution in [2.45, 2.75) is 94.2 Å². The van der Waals surface area contributed by atoms with E-state index in [1.807, 2.05) is 11.8 Å². The Morgan fingerprint density at radius 2 is 1.58 bits per heavy atom. The highest BCUT2D eigenvalue weighted by Gasteiger charge is 2.42. The maximum atomic E-state index is 12.8. The molecule has 24 heavy (non-hydrogen) atoms. The molecule has 0 aliphatic heterocycles. The summed E-state index contributed by atoms with van der Waals surface area (Å²) in [6.45, 7) is 2.43. The summed E-state index contributed by atoms with van der Waals surface area (Å²) in [6, 6.07) is 0. The molecule has 3 aliphatic rings. The topological polar surface area (TPSA) is 0 Å². The van der Waals surface area contributed by atoms with E-state index < -0.39 is 12.1 Å². The highest BCUT2D eigenvalue weighted by Crippen LogP contribution is 2.48. The van der Waals surface area contributed by atoms with Gasteiger partial charge in [0.1, 0.15) is 0 Å². The second-order valence-corrected chi connectivity index (χ2v) is 9.97. The first-order chi connectivity index (χ1) is 11.4. The van der Waals surface area contributed by atoms with Crippen molar-refractivity contribution >= 4 is 11.8 Å². The molecule has 2 atom stereocenters. The van der Waals surface area contributed by atoms with E-state index in [4.69, 9.17) is 0 Å². The highest BCUT2D eigenvalue weighted by atomic mass is 32.2. The third-order valence-electron chi connectivity index (χ3n) is 6.70. The Labute approximate surface area is 149 Å². The molecule has 0 amide bonds. The van der Waals surface area contributed by atoms with Gasteiger partial charge in [-0.2, -0.15) is 24.9 Å². The van der Waals surface area contributed by atoms with Gasteiger partial charge in [0, 0.05) is 10.5 Å². The van der Waals surface area contributed by atoms with Crippen LogP contribution in [0.15, 0.2) is 12.2 Å². The van der Waals surface area contributed by atoms with Crippen LogP contribution in [0.2, 0.25) is 0 Å². The third-order valence-corrected chi connectivity index (χ3v) is 8.30. The monoisotopic (exact) mass is 360 g/mol. The van der Waals surface area contributed by atoms with Gasteiger partial charge < -0.3 is 0 Å². The van der Waals surface area contributed by atoms with Crippen molar-refractivity contribution in [3.05, 3.63) is 12.2 Å². The summed E-state index contributed by atoms with van der Waals surface area (Å²) in [7, 11) is 0. The van der Waals surface area contributed by atoms with Gasteiger partial charge >= 0.3 is 6.18 Å². The van der Waals surface area contributed by atoms with Gasteiger partial charge in [-0.05, 0) is 62.7 Å². The Kier molecular flexibility index (Phi) is 5.94. The molecule has 0 nitrogen and oxygen atoms in total. The molecule has 0 bridgehead atoms. The number of halogens is 3. The predicted octanol–water partition coefficient (Wildman–Crippen LogP) is 7.15. The standard InChI is InChI=1S/C20H31F3S/c1-19(15-5-3-2-4-6-15)13-11-18(12-14-19)24-17-9-7-16(8-10-17)20(21,22)23/h11,13,15-18H,2-10,12,14H2,1H3. The quantitative estimate of drug-likeness (QED) is 0.482. The largest absolute Gasteiger partial charge is 0.391 e. The highest BCUT2D eigenvalue weighted by molar-refractivity contribution is 8.00. The van der Waals surface area contributed by atoms with Gasteiger partial charge in [-0.25, -0.2) is 0 Å². The number of allylic oxidation sites excluding steroid dienone is 1. The molecule has 2 fully saturated rings. The fourth-order valence-corrected chi connectivity index (χ4v) is 6.41.